The fourth-order valence-corrected chi connectivity index (χ4v) is 3.87. The van der Waals surface area contributed by atoms with Gasteiger partial charge in [-0.25, -0.2) is 9.79 Å². The van der Waals surface area contributed by atoms with Gasteiger partial charge in [-0.1, -0.05) is 23.4 Å². The summed E-state index contributed by atoms with van der Waals surface area (Å²) >= 11 is 7.09. The molecular formula is C22H20ClNO5S. The van der Waals surface area contributed by atoms with Gasteiger partial charge in [0.2, 0.25) is 0 Å². The first kappa shape index (κ1) is 21.8. The van der Waals surface area contributed by atoms with Crippen molar-refractivity contribution in [1.82, 2.24) is 0 Å². The molecule has 1 heterocycles. The Kier molecular flexibility index (Phi) is 7.07. The number of esters is 1. The summed E-state index contributed by atoms with van der Waals surface area (Å²) < 4.78 is 15.8. The van der Waals surface area contributed by atoms with Gasteiger partial charge in [-0.05, 0) is 55.5 Å². The number of carbonyl (C=O) groups excluding carboxylic acids is 1. The van der Waals surface area contributed by atoms with Crippen molar-refractivity contribution < 1.29 is 24.1 Å². The van der Waals surface area contributed by atoms with Gasteiger partial charge in [-0.2, -0.15) is 0 Å². The molecule has 30 heavy (non-hydrogen) atoms. The monoisotopic (exact) mass is 445 g/mol. The lowest BCUT2D eigenvalue weighted by molar-refractivity contribution is -0.138. The lowest BCUT2D eigenvalue weighted by Gasteiger charge is -2.08. The van der Waals surface area contributed by atoms with Crippen LogP contribution in [0, 0.1) is 0 Å². The summed E-state index contributed by atoms with van der Waals surface area (Å²) in [5.74, 6) is 0.388. The average Bonchev–Trinajstić information content (AvgIpc) is 3.04. The van der Waals surface area contributed by atoms with Crippen LogP contribution in [0.5, 0.6) is 11.5 Å². The first-order valence-electron chi connectivity index (χ1n) is 9.03. The van der Waals surface area contributed by atoms with E-state index in [1.807, 2.05) is 0 Å². The van der Waals surface area contributed by atoms with Crippen LogP contribution in [-0.2, 0) is 9.53 Å². The number of aliphatic imine (C=N–C) groups is 1. The quantitative estimate of drug-likeness (QED) is 0.587. The van der Waals surface area contributed by atoms with E-state index in [1.165, 1.54) is 0 Å². The molecule has 8 heteroatoms. The SMILES string of the molecule is CCOC(=O)C1=C(O)/C(=C\c2cc(OC)ccc2OC)SC1=Nc1ccc(Cl)cc1. The topological polar surface area (TPSA) is 77.4 Å². The number of aliphatic hydroxyl groups is 1. The van der Waals surface area contributed by atoms with E-state index in [0.717, 1.165) is 11.8 Å². The molecule has 0 spiro atoms. The molecule has 0 aliphatic carbocycles. The van der Waals surface area contributed by atoms with Crippen LogP contribution in [-0.4, -0.2) is 36.9 Å². The van der Waals surface area contributed by atoms with Crippen LogP contribution >= 0.6 is 23.4 Å². The largest absolute Gasteiger partial charge is 0.506 e. The Labute approximate surface area is 183 Å². The highest BCUT2D eigenvalue weighted by Crippen LogP contribution is 2.41. The minimum absolute atomic E-state index is 0.0184. The fraction of sp³-hybridized carbons (Fsp3) is 0.182. The predicted octanol–water partition coefficient (Wildman–Crippen LogP) is 5.55. The standard InChI is InChI=1S/C22H20ClNO5S/c1-4-29-22(26)19-20(25)18(12-13-11-16(27-2)9-10-17(13)28-3)30-21(19)24-15-7-5-14(23)6-8-15/h5-12,25H,4H2,1-3H3/b18-12+,24-21?. The van der Waals surface area contributed by atoms with Gasteiger partial charge in [-0.3, -0.25) is 0 Å². The predicted molar refractivity (Wildman–Crippen MR) is 120 cm³/mol. The summed E-state index contributed by atoms with van der Waals surface area (Å²) in [7, 11) is 3.12. The van der Waals surface area contributed by atoms with Gasteiger partial charge in [0.05, 0.1) is 31.4 Å². The van der Waals surface area contributed by atoms with Crippen LogP contribution in [0.15, 0.2) is 63.7 Å². The summed E-state index contributed by atoms with van der Waals surface area (Å²) in [6.45, 7) is 1.88. The number of hydrogen-bond acceptors (Lipinski definition) is 7. The Hall–Kier alpha value is -2.90. The van der Waals surface area contributed by atoms with Gasteiger partial charge < -0.3 is 19.3 Å². The maximum absolute atomic E-state index is 12.5. The Bertz CT molecular complexity index is 1040. The van der Waals surface area contributed by atoms with E-state index in [4.69, 9.17) is 25.8 Å². The van der Waals surface area contributed by atoms with Crippen LogP contribution < -0.4 is 9.47 Å². The third kappa shape index (κ3) is 4.80. The molecule has 0 aromatic heterocycles. The zero-order valence-corrected chi connectivity index (χ0v) is 18.2. The number of carbonyl (C=O) groups is 1. The van der Waals surface area contributed by atoms with Crippen molar-refractivity contribution in [3.63, 3.8) is 0 Å². The Morgan fingerprint density at radius 1 is 1.17 bits per heavy atom. The van der Waals surface area contributed by atoms with Crippen LogP contribution in [0.4, 0.5) is 5.69 Å². The number of thioether (sulfide) groups is 1. The number of benzene rings is 2. The number of nitrogens with zero attached hydrogens (tertiary/aromatic N) is 1. The second kappa shape index (κ2) is 9.73. The zero-order chi connectivity index (χ0) is 21.7. The minimum Gasteiger partial charge on any atom is -0.506 e. The molecule has 1 aliphatic heterocycles. The van der Waals surface area contributed by atoms with E-state index >= 15 is 0 Å². The highest BCUT2D eigenvalue weighted by Gasteiger charge is 2.33. The van der Waals surface area contributed by atoms with E-state index in [2.05, 4.69) is 4.99 Å². The van der Waals surface area contributed by atoms with E-state index in [9.17, 15) is 9.90 Å². The van der Waals surface area contributed by atoms with E-state index in [-0.39, 0.29) is 17.9 Å². The third-order valence-electron chi connectivity index (χ3n) is 4.15. The molecule has 3 rings (SSSR count). The molecule has 2 aromatic carbocycles. The summed E-state index contributed by atoms with van der Waals surface area (Å²) in [5, 5.41) is 11.7. The van der Waals surface area contributed by atoms with Gasteiger partial charge in [0, 0.05) is 10.6 Å². The van der Waals surface area contributed by atoms with Crippen molar-refractivity contribution in [3.05, 3.63) is 69.3 Å². The lowest BCUT2D eigenvalue weighted by atomic mass is 10.1. The molecule has 1 N–H and O–H groups in total. The molecule has 0 saturated heterocycles. The van der Waals surface area contributed by atoms with Crippen LogP contribution in [0.1, 0.15) is 12.5 Å². The molecule has 0 amide bonds. The van der Waals surface area contributed by atoms with Gasteiger partial charge in [0.1, 0.15) is 27.9 Å². The highest BCUT2D eigenvalue weighted by molar-refractivity contribution is 8.18. The molecule has 0 saturated carbocycles. The van der Waals surface area contributed by atoms with Crippen molar-refractivity contribution in [2.75, 3.05) is 20.8 Å². The lowest BCUT2D eigenvalue weighted by Crippen LogP contribution is -2.12. The van der Waals surface area contributed by atoms with Crippen LogP contribution in [0.25, 0.3) is 6.08 Å². The maximum Gasteiger partial charge on any atom is 0.344 e. The number of methoxy groups -OCH3 is 2. The Morgan fingerprint density at radius 2 is 1.90 bits per heavy atom. The number of halogens is 1. The summed E-state index contributed by atoms with van der Waals surface area (Å²) in [6.07, 6.45) is 1.71. The maximum atomic E-state index is 12.5. The number of hydrogen-bond donors (Lipinski definition) is 1. The number of ether oxygens (including phenoxy) is 3. The van der Waals surface area contributed by atoms with Crippen molar-refractivity contribution in [1.29, 1.82) is 0 Å². The van der Waals surface area contributed by atoms with E-state index in [1.54, 1.807) is 69.7 Å². The summed E-state index contributed by atoms with van der Waals surface area (Å²) in [5.41, 5.74) is 1.29. The van der Waals surface area contributed by atoms with Crippen LogP contribution in [0.2, 0.25) is 5.02 Å². The number of rotatable bonds is 6. The molecule has 1 aliphatic rings. The molecule has 0 atom stereocenters. The molecule has 0 fully saturated rings. The van der Waals surface area contributed by atoms with Crippen molar-refractivity contribution in [3.8, 4) is 11.5 Å². The smallest absolute Gasteiger partial charge is 0.344 e. The van der Waals surface area contributed by atoms with Crippen molar-refractivity contribution in [2.45, 2.75) is 6.92 Å². The van der Waals surface area contributed by atoms with Gasteiger partial charge in [0.15, 0.2) is 0 Å². The summed E-state index contributed by atoms with van der Waals surface area (Å²) in [6, 6.07) is 12.2. The molecule has 0 unspecified atom stereocenters. The molecule has 0 radical (unpaired) electrons. The normalized spacial score (nSPS) is 16.3. The van der Waals surface area contributed by atoms with Crippen molar-refractivity contribution in [2.24, 2.45) is 4.99 Å². The average molecular weight is 446 g/mol. The van der Waals surface area contributed by atoms with Gasteiger partial charge in [0.25, 0.3) is 0 Å². The van der Waals surface area contributed by atoms with Crippen LogP contribution in [0.3, 0.4) is 0 Å². The second-order valence-corrected chi connectivity index (χ2v) is 7.52. The fourth-order valence-electron chi connectivity index (χ4n) is 2.72. The Balaban J connectivity index is 2.08. The molecule has 6 nitrogen and oxygen atoms in total. The Morgan fingerprint density at radius 3 is 2.53 bits per heavy atom. The first-order chi connectivity index (χ1) is 14.5. The van der Waals surface area contributed by atoms with Gasteiger partial charge in [-0.15, -0.1) is 0 Å². The molecule has 156 valence electrons. The molecule has 0 bridgehead atoms. The van der Waals surface area contributed by atoms with Gasteiger partial charge >= 0.3 is 5.97 Å². The molecule has 2 aromatic rings. The first-order valence-corrected chi connectivity index (χ1v) is 10.2. The van der Waals surface area contributed by atoms with E-state index in [0.29, 0.717) is 37.7 Å². The number of aliphatic hydroxyl groups excluding tert-OH is 1. The zero-order valence-electron chi connectivity index (χ0n) is 16.6. The second-order valence-electron chi connectivity index (χ2n) is 6.06. The summed E-state index contributed by atoms with van der Waals surface area (Å²) in [4.78, 5) is 17.5. The highest BCUT2D eigenvalue weighted by atomic mass is 35.5. The van der Waals surface area contributed by atoms with Crippen molar-refractivity contribution >= 4 is 46.1 Å². The third-order valence-corrected chi connectivity index (χ3v) is 5.42. The van der Waals surface area contributed by atoms with E-state index < -0.39 is 5.97 Å². The minimum atomic E-state index is -0.642. The molecular weight excluding hydrogens is 426 g/mol.